The van der Waals surface area contributed by atoms with Gasteiger partial charge < -0.3 is 19.3 Å². The van der Waals surface area contributed by atoms with Crippen LogP contribution in [0.2, 0.25) is 0 Å². The number of aromatic nitrogens is 2. The van der Waals surface area contributed by atoms with E-state index in [4.69, 9.17) is 14.5 Å². The molecule has 0 bridgehead atoms. The lowest BCUT2D eigenvalue weighted by Gasteiger charge is -2.35. The Kier molecular flexibility index (Phi) is 6.01. The molecule has 2 aliphatic rings. The van der Waals surface area contributed by atoms with E-state index in [-0.39, 0.29) is 6.09 Å². The molecule has 150 valence electrons. The molecular formula is C18H30N6O3. The van der Waals surface area contributed by atoms with Crippen molar-refractivity contribution >= 4 is 17.9 Å². The first-order chi connectivity index (χ1) is 12.9. The van der Waals surface area contributed by atoms with Gasteiger partial charge in [-0.25, -0.2) is 15.2 Å². The summed E-state index contributed by atoms with van der Waals surface area (Å²) in [7, 11) is 1.77. The van der Waals surface area contributed by atoms with Crippen molar-refractivity contribution in [3.8, 4) is 0 Å². The Balaban J connectivity index is 1.84. The van der Waals surface area contributed by atoms with Gasteiger partial charge in [0.1, 0.15) is 11.4 Å². The van der Waals surface area contributed by atoms with Gasteiger partial charge in [0, 0.05) is 32.2 Å². The molecular weight excluding hydrogens is 348 g/mol. The predicted molar refractivity (Wildman–Crippen MR) is 103 cm³/mol. The lowest BCUT2D eigenvalue weighted by atomic mass is 10.0. The Labute approximate surface area is 160 Å². The van der Waals surface area contributed by atoms with Gasteiger partial charge in [-0.3, -0.25) is 5.43 Å². The van der Waals surface area contributed by atoms with Gasteiger partial charge in [-0.05, 0) is 26.7 Å². The summed E-state index contributed by atoms with van der Waals surface area (Å²) in [5.74, 6) is 1.44. The van der Waals surface area contributed by atoms with Crippen LogP contribution in [-0.4, -0.2) is 66.5 Å². The third-order valence-corrected chi connectivity index (χ3v) is 5.06. The van der Waals surface area contributed by atoms with Crippen LogP contribution in [0, 0.1) is 0 Å². The summed E-state index contributed by atoms with van der Waals surface area (Å²) in [6, 6.07) is 0. The van der Waals surface area contributed by atoms with Crippen molar-refractivity contribution < 1.29 is 14.3 Å². The van der Waals surface area contributed by atoms with Gasteiger partial charge in [0.25, 0.3) is 0 Å². The number of hydrogen-bond acceptors (Lipinski definition) is 8. The minimum absolute atomic E-state index is 0.290. The fraction of sp³-hybridized carbons (Fsp3) is 0.722. The molecule has 0 atom stereocenters. The minimum atomic E-state index is -0.471. The lowest BCUT2D eigenvalue weighted by Crippen LogP contribution is -2.43. The number of rotatable bonds is 5. The number of hydrazine groups is 1. The largest absolute Gasteiger partial charge is 0.443 e. The van der Waals surface area contributed by atoms with E-state index in [1.807, 2.05) is 20.8 Å². The lowest BCUT2D eigenvalue weighted by molar-refractivity contribution is 0.00879. The summed E-state index contributed by atoms with van der Waals surface area (Å²) >= 11 is 0. The van der Waals surface area contributed by atoms with Crippen LogP contribution < -0.4 is 15.8 Å². The van der Waals surface area contributed by atoms with E-state index in [0.29, 0.717) is 38.7 Å². The maximum absolute atomic E-state index is 12.6. The zero-order valence-corrected chi connectivity index (χ0v) is 16.7. The molecule has 2 N–H and O–H groups in total. The summed E-state index contributed by atoms with van der Waals surface area (Å²) in [6.07, 6.45) is 1.19. The van der Waals surface area contributed by atoms with Crippen molar-refractivity contribution in [1.29, 1.82) is 0 Å². The summed E-state index contributed by atoms with van der Waals surface area (Å²) in [4.78, 5) is 25.9. The molecule has 1 fully saturated rings. The number of carbonyl (C=O) groups excluding carboxylic acids is 1. The SMILES string of the molecule is CCC(C)(C)OC(=O)N1CCc2c(nc(NNC)nc2N2CCOCC2)C1. The van der Waals surface area contributed by atoms with Gasteiger partial charge in [0.15, 0.2) is 0 Å². The van der Waals surface area contributed by atoms with Crippen LogP contribution in [0.3, 0.4) is 0 Å². The Morgan fingerprint density at radius 3 is 2.67 bits per heavy atom. The fourth-order valence-corrected chi connectivity index (χ4v) is 3.14. The molecule has 27 heavy (non-hydrogen) atoms. The van der Waals surface area contributed by atoms with Crippen molar-refractivity contribution in [3.63, 3.8) is 0 Å². The van der Waals surface area contributed by atoms with Crippen molar-refractivity contribution in [3.05, 3.63) is 11.3 Å². The molecule has 0 saturated carbocycles. The Bertz CT molecular complexity index is 675. The van der Waals surface area contributed by atoms with E-state index in [1.54, 1.807) is 11.9 Å². The van der Waals surface area contributed by atoms with E-state index in [0.717, 1.165) is 36.6 Å². The van der Waals surface area contributed by atoms with Gasteiger partial charge in [-0.2, -0.15) is 4.98 Å². The maximum atomic E-state index is 12.6. The van der Waals surface area contributed by atoms with Gasteiger partial charge in [-0.15, -0.1) is 0 Å². The quantitative estimate of drug-likeness (QED) is 0.746. The standard InChI is InChI=1S/C18H30N6O3/c1-5-18(2,3)27-17(25)24-7-6-13-14(12-24)20-16(22-19-4)21-15(13)23-8-10-26-11-9-23/h19H,5-12H2,1-4H3,(H,20,21,22). The normalized spacial score (nSPS) is 17.5. The molecule has 2 aliphatic heterocycles. The highest BCUT2D eigenvalue weighted by Gasteiger charge is 2.31. The van der Waals surface area contributed by atoms with Crippen molar-refractivity contribution in [1.82, 2.24) is 20.3 Å². The number of nitrogens with zero attached hydrogens (tertiary/aromatic N) is 4. The van der Waals surface area contributed by atoms with E-state index >= 15 is 0 Å². The van der Waals surface area contributed by atoms with E-state index in [9.17, 15) is 4.79 Å². The molecule has 9 heteroatoms. The smallest absolute Gasteiger partial charge is 0.410 e. The summed E-state index contributed by atoms with van der Waals surface area (Å²) in [5.41, 5.74) is 7.33. The number of nitrogens with one attached hydrogen (secondary N) is 2. The number of fused-ring (bicyclic) bond motifs is 1. The summed E-state index contributed by atoms with van der Waals surface area (Å²) < 4.78 is 11.1. The predicted octanol–water partition coefficient (Wildman–Crippen LogP) is 1.54. The highest BCUT2D eigenvalue weighted by Crippen LogP contribution is 2.29. The molecule has 3 heterocycles. The minimum Gasteiger partial charge on any atom is -0.443 e. The number of morpholine rings is 1. The number of hydrogen-bond donors (Lipinski definition) is 2. The van der Waals surface area contributed by atoms with Crippen LogP contribution in [0.15, 0.2) is 0 Å². The van der Waals surface area contributed by atoms with Crippen LogP contribution in [0.4, 0.5) is 16.6 Å². The van der Waals surface area contributed by atoms with Crippen molar-refractivity contribution in [2.24, 2.45) is 0 Å². The Hall–Kier alpha value is -2.13. The first kappa shape index (κ1) is 19.6. The molecule has 1 aromatic heterocycles. The van der Waals surface area contributed by atoms with E-state index in [1.165, 1.54) is 0 Å². The van der Waals surface area contributed by atoms with Crippen LogP contribution >= 0.6 is 0 Å². The van der Waals surface area contributed by atoms with Gasteiger partial charge in [0.05, 0.1) is 25.5 Å². The van der Waals surface area contributed by atoms with E-state index in [2.05, 4.69) is 20.7 Å². The van der Waals surface area contributed by atoms with Crippen molar-refractivity contribution in [2.75, 3.05) is 50.2 Å². The fourth-order valence-electron chi connectivity index (χ4n) is 3.14. The van der Waals surface area contributed by atoms with E-state index < -0.39 is 5.60 Å². The molecule has 0 unspecified atom stereocenters. The molecule has 9 nitrogen and oxygen atoms in total. The molecule has 0 spiro atoms. The van der Waals surface area contributed by atoms with Gasteiger partial charge >= 0.3 is 6.09 Å². The van der Waals surface area contributed by atoms with Crippen LogP contribution in [0.25, 0.3) is 0 Å². The highest BCUT2D eigenvalue weighted by atomic mass is 16.6. The molecule has 1 amide bonds. The zero-order valence-electron chi connectivity index (χ0n) is 16.7. The molecule has 0 radical (unpaired) electrons. The van der Waals surface area contributed by atoms with Crippen molar-refractivity contribution in [2.45, 2.75) is 45.8 Å². The Morgan fingerprint density at radius 2 is 2.00 bits per heavy atom. The maximum Gasteiger partial charge on any atom is 0.410 e. The second-order valence-electron chi connectivity index (χ2n) is 7.42. The monoisotopic (exact) mass is 378 g/mol. The third kappa shape index (κ3) is 4.59. The first-order valence-corrected chi connectivity index (χ1v) is 9.56. The number of anilines is 2. The summed E-state index contributed by atoms with van der Waals surface area (Å²) in [6.45, 7) is 9.88. The molecule has 1 saturated heterocycles. The van der Waals surface area contributed by atoms with Crippen LogP contribution in [0.1, 0.15) is 38.4 Å². The third-order valence-electron chi connectivity index (χ3n) is 5.06. The highest BCUT2D eigenvalue weighted by molar-refractivity contribution is 5.69. The first-order valence-electron chi connectivity index (χ1n) is 9.56. The van der Waals surface area contributed by atoms with Gasteiger partial charge in [-0.1, -0.05) is 6.92 Å². The second kappa shape index (κ2) is 8.26. The van der Waals surface area contributed by atoms with Gasteiger partial charge in [0.2, 0.25) is 5.95 Å². The molecule has 3 rings (SSSR count). The zero-order chi connectivity index (χ0) is 19.4. The topological polar surface area (TPSA) is 91.8 Å². The average molecular weight is 378 g/mol. The summed E-state index contributed by atoms with van der Waals surface area (Å²) in [5, 5.41) is 0. The number of amides is 1. The number of ether oxygens (including phenoxy) is 2. The van der Waals surface area contributed by atoms with Crippen LogP contribution in [-0.2, 0) is 22.4 Å². The molecule has 1 aromatic rings. The molecule has 0 aromatic carbocycles. The number of carbonyl (C=O) groups is 1. The average Bonchev–Trinajstić information content (AvgIpc) is 2.67. The van der Waals surface area contributed by atoms with Crippen LogP contribution in [0.5, 0.6) is 0 Å². The second-order valence-corrected chi connectivity index (χ2v) is 7.42. The Morgan fingerprint density at radius 1 is 1.26 bits per heavy atom. The molecule has 0 aliphatic carbocycles.